The van der Waals surface area contributed by atoms with Gasteiger partial charge in [-0.3, -0.25) is 0 Å². The highest BCUT2D eigenvalue weighted by molar-refractivity contribution is 5.44. The first-order chi connectivity index (χ1) is 7.50. The molecule has 0 saturated heterocycles. The topological polar surface area (TPSA) is 44.5 Å². The zero-order valence-corrected chi connectivity index (χ0v) is 10.3. The fourth-order valence-corrected chi connectivity index (χ4v) is 2.32. The van der Waals surface area contributed by atoms with E-state index in [1.54, 1.807) is 14.2 Å². The third-order valence-corrected chi connectivity index (χ3v) is 3.64. The summed E-state index contributed by atoms with van der Waals surface area (Å²) in [4.78, 5) is 0. The van der Waals surface area contributed by atoms with Crippen molar-refractivity contribution in [2.75, 3.05) is 14.2 Å². The van der Waals surface area contributed by atoms with E-state index in [9.17, 15) is 0 Å². The molecular formula is C13H19NO2. The van der Waals surface area contributed by atoms with E-state index in [0.717, 1.165) is 11.5 Å². The van der Waals surface area contributed by atoms with E-state index in [-0.39, 0.29) is 11.5 Å². The molecule has 1 fully saturated rings. The Kier molecular flexibility index (Phi) is 2.58. The molecule has 2 N–H and O–H groups in total. The van der Waals surface area contributed by atoms with Crippen molar-refractivity contribution in [3.63, 3.8) is 0 Å². The van der Waals surface area contributed by atoms with Crippen molar-refractivity contribution in [2.24, 2.45) is 11.1 Å². The second-order valence-corrected chi connectivity index (χ2v) is 4.97. The molecule has 88 valence electrons. The van der Waals surface area contributed by atoms with Crippen LogP contribution in [0.1, 0.15) is 25.3 Å². The Morgan fingerprint density at radius 1 is 1.06 bits per heavy atom. The molecule has 0 bridgehead atoms. The van der Waals surface area contributed by atoms with Gasteiger partial charge in [0.25, 0.3) is 0 Å². The van der Waals surface area contributed by atoms with Crippen molar-refractivity contribution >= 4 is 0 Å². The number of hydrogen-bond acceptors (Lipinski definition) is 3. The zero-order valence-electron chi connectivity index (χ0n) is 10.3. The molecule has 2 rings (SSSR count). The Hall–Kier alpha value is -1.22. The van der Waals surface area contributed by atoms with E-state index < -0.39 is 0 Å². The molecule has 0 radical (unpaired) electrons. The summed E-state index contributed by atoms with van der Waals surface area (Å²) >= 11 is 0. The van der Waals surface area contributed by atoms with Crippen LogP contribution in [0, 0.1) is 5.41 Å². The molecule has 0 amide bonds. The summed E-state index contributed by atoms with van der Waals surface area (Å²) in [6.07, 6.45) is 0. The average Bonchev–Trinajstić information content (AvgIpc) is 2.77. The standard InChI is InChI=1S/C13H19NO2/c1-13(2)11(12(13)14)8-5-9(15-3)7-10(6-8)16-4/h5-7,11-12H,14H2,1-4H3/t11-,12-/m1/s1. The molecule has 0 aliphatic heterocycles. The molecule has 3 nitrogen and oxygen atoms in total. The molecule has 1 saturated carbocycles. The summed E-state index contributed by atoms with van der Waals surface area (Å²) in [6.45, 7) is 4.38. The minimum Gasteiger partial charge on any atom is -0.497 e. The normalized spacial score (nSPS) is 26.3. The molecule has 1 aromatic rings. The fourth-order valence-electron chi connectivity index (χ4n) is 2.32. The molecule has 1 aromatic carbocycles. The van der Waals surface area contributed by atoms with Crippen molar-refractivity contribution in [1.82, 2.24) is 0 Å². The molecule has 3 heteroatoms. The maximum absolute atomic E-state index is 6.08. The second-order valence-electron chi connectivity index (χ2n) is 4.97. The first-order valence-corrected chi connectivity index (χ1v) is 5.49. The van der Waals surface area contributed by atoms with Crippen LogP contribution < -0.4 is 15.2 Å². The number of methoxy groups -OCH3 is 2. The van der Waals surface area contributed by atoms with Gasteiger partial charge in [0, 0.05) is 18.0 Å². The summed E-state index contributed by atoms with van der Waals surface area (Å²) in [7, 11) is 3.33. The maximum Gasteiger partial charge on any atom is 0.122 e. The Bertz CT molecular complexity index is 379. The first-order valence-electron chi connectivity index (χ1n) is 5.49. The number of ether oxygens (including phenoxy) is 2. The predicted molar refractivity (Wildman–Crippen MR) is 64.0 cm³/mol. The van der Waals surface area contributed by atoms with E-state index >= 15 is 0 Å². The summed E-state index contributed by atoms with van der Waals surface area (Å²) < 4.78 is 10.5. The lowest BCUT2D eigenvalue weighted by molar-refractivity contribution is 0.393. The van der Waals surface area contributed by atoms with E-state index in [2.05, 4.69) is 13.8 Å². The van der Waals surface area contributed by atoms with Crippen LogP contribution in [0.4, 0.5) is 0 Å². The minimum atomic E-state index is 0.178. The van der Waals surface area contributed by atoms with Crippen LogP contribution in [0.15, 0.2) is 18.2 Å². The lowest BCUT2D eigenvalue weighted by atomic mass is 10.0. The van der Waals surface area contributed by atoms with Gasteiger partial charge in [0.15, 0.2) is 0 Å². The number of nitrogens with two attached hydrogens (primary N) is 1. The average molecular weight is 221 g/mol. The van der Waals surface area contributed by atoms with Crippen molar-refractivity contribution in [3.8, 4) is 11.5 Å². The number of benzene rings is 1. The van der Waals surface area contributed by atoms with Crippen molar-refractivity contribution < 1.29 is 9.47 Å². The van der Waals surface area contributed by atoms with E-state index in [1.807, 2.05) is 18.2 Å². The molecular weight excluding hydrogens is 202 g/mol. The van der Waals surface area contributed by atoms with E-state index in [1.165, 1.54) is 5.56 Å². The Labute approximate surface area is 96.5 Å². The van der Waals surface area contributed by atoms with Gasteiger partial charge < -0.3 is 15.2 Å². The van der Waals surface area contributed by atoms with Crippen LogP contribution in [-0.2, 0) is 0 Å². The molecule has 16 heavy (non-hydrogen) atoms. The van der Waals surface area contributed by atoms with Gasteiger partial charge in [0.05, 0.1) is 14.2 Å². The Morgan fingerprint density at radius 3 is 1.81 bits per heavy atom. The highest BCUT2D eigenvalue weighted by atomic mass is 16.5. The van der Waals surface area contributed by atoms with Crippen LogP contribution in [0.5, 0.6) is 11.5 Å². The highest BCUT2D eigenvalue weighted by Gasteiger charge is 2.56. The number of hydrogen-bond donors (Lipinski definition) is 1. The van der Waals surface area contributed by atoms with Gasteiger partial charge in [-0.15, -0.1) is 0 Å². The highest BCUT2D eigenvalue weighted by Crippen LogP contribution is 2.58. The summed E-state index contributed by atoms with van der Waals surface area (Å²) in [5, 5.41) is 0. The third kappa shape index (κ3) is 1.65. The predicted octanol–water partition coefficient (Wildman–Crippen LogP) is 2.15. The van der Waals surface area contributed by atoms with E-state index in [0.29, 0.717) is 5.92 Å². The van der Waals surface area contributed by atoms with Crippen LogP contribution in [0.3, 0.4) is 0 Å². The van der Waals surface area contributed by atoms with Gasteiger partial charge in [-0.25, -0.2) is 0 Å². The Morgan fingerprint density at radius 2 is 1.50 bits per heavy atom. The lowest BCUT2D eigenvalue weighted by Gasteiger charge is -2.09. The van der Waals surface area contributed by atoms with Gasteiger partial charge in [0.1, 0.15) is 11.5 Å². The van der Waals surface area contributed by atoms with Crippen LogP contribution >= 0.6 is 0 Å². The summed E-state index contributed by atoms with van der Waals surface area (Å²) in [6, 6.07) is 6.19. The van der Waals surface area contributed by atoms with Crippen molar-refractivity contribution in [1.29, 1.82) is 0 Å². The Balaban J connectivity index is 2.35. The van der Waals surface area contributed by atoms with Gasteiger partial charge >= 0.3 is 0 Å². The molecule has 1 aliphatic rings. The molecule has 0 unspecified atom stereocenters. The van der Waals surface area contributed by atoms with Gasteiger partial charge in [-0.05, 0) is 23.1 Å². The number of rotatable bonds is 3. The first kappa shape index (κ1) is 11.3. The fraction of sp³-hybridized carbons (Fsp3) is 0.538. The molecule has 0 spiro atoms. The van der Waals surface area contributed by atoms with Gasteiger partial charge in [-0.2, -0.15) is 0 Å². The quantitative estimate of drug-likeness (QED) is 0.850. The van der Waals surface area contributed by atoms with Crippen molar-refractivity contribution in [2.45, 2.75) is 25.8 Å². The largest absolute Gasteiger partial charge is 0.497 e. The minimum absolute atomic E-state index is 0.178. The van der Waals surface area contributed by atoms with Crippen molar-refractivity contribution in [3.05, 3.63) is 23.8 Å². The second kappa shape index (κ2) is 3.67. The molecule has 1 aliphatic carbocycles. The van der Waals surface area contributed by atoms with E-state index in [4.69, 9.17) is 15.2 Å². The monoisotopic (exact) mass is 221 g/mol. The lowest BCUT2D eigenvalue weighted by Crippen LogP contribution is -2.06. The maximum atomic E-state index is 6.08. The van der Waals surface area contributed by atoms with Gasteiger partial charge in [0.2, 0.25) is 0 Å². The zero-order chi connectivity index (χ0) is 11.9. The van der Waals surface area contributed by atoms with Crippen LogP contribution in [0.2, 0.25) is 0 Å². The van der Waals surface area contributed by atoms with Crippen LogP contribution in [-0.4, -0.2) is 20.3 Å². The summed E-state index contributed by atoms with van der Waals surface area (Å²) in [5.74, 6) is 2.05. The molecule has 0 heterocycles. The van der Waals surface area contributed by atoms with Crippen LogP contribution in [0.25, 0.3) is 0 Å². The SMILES string of the molecule is COc1cc(OC)cc([C@@H]2[C@@H](N)C2(C)C)c1. The molecule has 0 aromatic heterocycles. The van der Waals surface area contributed by atoms with Gasteiger partial charge in [-0.1, -0.05) is 13.8 Å². The third-order valence-electron chi connectivity index (χ3n) is 3.64. The smallest absolute Gasteiger partial charge is 0.122 e. The summed E-state index contributed by atoms with van der Waals surface area (Å²) in [5.41, 5.74) is 7.46. The molecule has 2 atom stereocenters.